The van der Waals surface area contributed by atoms with Crippen molar-refractivity contribution in [3.05, 3.63) is 23.8 Å². The highest BCUT2D eigenvalue weighted by Crippen LogP contribution is 2.33. The summed E-state index contributed by atoms with van der Waals surface area (Å²) in [5.74, 6) is 0.963. The maximum atomic E-state index is 5.55. The van der Waals surface area contributed by atoms with Crippen LogP contribution >= 0.6 is 0 Å². The van der Waals surface area contributed by atoms with E-state index in [1.54, 1.807) is 7.11 Å². The molecular formula is C19H31NO. The maximum absolute atomic E-state index is 5.55. The fourth-order valence-corrected chi connectivity index (χ4v) is 3.11. The lowest BCUT2D eigenvalue weighted by Gasteiger charge is -2.26. The lowest BCUT2D eigenvalue weighted by atomic mass is 9.86. The Labute approximate surface area is 130 Å². The Morgan fingerprint density at radius 1 is 1.00 bits per heavy atom. The molecule has 118 valence electrons. The van der Waals surface area contributed by atoms with Crippen molar-refractivity contribution in [1.82, 2.24) is 0 Å². The second-order valence-corrected chi connectivity index (χ2v) is 7.35. The molecule has 0 unspecified atom stereocenters. The number of benzene rings is 1. The fourth-order valence-electron chi connectivity index (χ4n) is 3.11. The Morgan fingerprint density at radius 3 is 2.19 bits per heavy atom. The summed E-state index contributed by atoms with van der Waals surface area (Å²) in [5.41, 5.74) is 2.69. The Bertz CT molecular complexity index is 439. The first kappa shape index (κ1) is 16.2. The van der Waals surface area contributed by atoms with Crippen molar-refractivity contribution in [2.24, 2.45) is 0 Å². The summed E-state index contributed by atoms with van der Waals surface area (Å²) in [4.78, 5) is 0. The minimum Gasteiger partial charge on any atom is -0.495 e. The molecule has 2 heteroatoms. The normalized spacial score (nSPS) is 17.9. The summed E-state index contributed by atoms with van der Waals surface area (Å²) in [6.45, 7) is 6.78. The van der Waals surface area contributed by atoms with Gasteiger partial charge in [0.05, 0.1) is 12.8 Å². The molecule has 0 amide bonds. The Hall–Kier alpha value is -1.18. The van der Waals surface area contributed by atoms with E-state index in [9.17, 15) is 0 Å². The number of hydrogen-bond acceptors (Lipinski definition) is 2. The first-order valence-electron chi connectivity index (χ1n) is 8.46. The van der Waals surface area contributed by atoms with E-state index in [-0.39, 0.29) is 5.41 Å². The summed E-state index contributed by atoms with van der Waals surface area (Å²) < 4.78 is 5.55. The molecular weight excluding hydrogens is 258 g/mol. The smallest absolute Gasteiger partial charge is 0.141 e. The van der Waals surface area contributed by atoms with Gasteiger partial charge in [-0.15, -0.1) is 0 Å². The second-order valence-electron chi connectivity index (χ2n) is 7.35. The van der Waals surface area contributed by atoms with E-state index in [0.29, 0.717) is 6.04 Å². The molecule has 1 fully saturated rings. The zero-order chi connectivity index (χ0) is 15.3. The van der Waals surface area contributed by atoms with Gasteiger partial charge in [0.2, 0.25) is 0 Å². The van der Waals surface area contributed by atoms with Crippen LogP contribution < -0.4 is 10.1 Å². The molecule has 1 aromatic rings. The number of anilines is 1. The summed E-state index contributed by atoms with van der Waals surface area (Å²) in [6.07, 6.45) is 9.44. The third-order valence-corrected chi connectivity index (χ3v) is 4.53. The van der Waals surface area contributed by atoms with Crippen molar-refractivity contribution in [2.45, 2.75) is 77.2 Å². The van der Waals surface area contributed by atoms with Gasteiger partial charge in [-0.05, 0) is 36.0 Å². The van der Waals surface area contributed by atoms with Crippen LogP contribution in [0.15, 0.2) is 18.2 Å². The number of ether oxygens (including phenoxy) is 1. The molecule has 0 aromatic heterocycles. The van der Waals surface area contributed by atoms with E-state index in [2.05, 4.69) is 44.3 Å². The van der Waals surface area contributed by atoms with Crippen LogP contribution in [0.4, 0.5) is 5.69 Å². The predicted molar refractivity (Wildman–Crippen MR) is 91.4 cm³/mol. The molecule has 1 aromatic carbocycles. The van der Waals surface area contributed by atoms with Gasteiger partial charge in [-0.2, -0.15) is 0 Å². The van der Waals surface area contributed by atoms with Crippen molar-refractivity contribution in [3.8, 4) is 5.75 Å². The minimum absolute atomic E-state index is 0.170. The van der Waals surface area contributed by atoms with Crippen molar-refractivity contribution in [1.29, 1.82) is 0 Å². The zero-order valence-electron chi connectivity index (χ0n) is 14.2. The molecule has 0 radical (unpaired) electrons. The molecule has 1 N–H and O–H groups in total. The first-order valence-corrected chi connectivity index (χ1v) is 8.46. The highest BCUT2D eigenvalue weighted by Gasteiger charge is 2.18. The molecule has 1 aliphatic rings. The van der Waals surface area contributed by atoms with Crippen LogP contribution in [0, 0.1) is 0 Å². The molecule has 0 aliphatic heterocycles. The summed E-state index contributed by atoms with van der Waals surface area (Å²) >= 11 is 0. The SMILES string of the molecule is COc1ccc(C(C)(C)C)cc1NC1CCCCCCC1. The molecule has 1 aliphatic carbocycles. The topological polar surface area (TPSA) is 21.3 Å². The van der Waals surface area contributed by atoms with Crippen molar-refractivity contribution in [3.63, 3.8) is 0 Å². The van der Waals surface area contributed by atoms with E-state index in [4.69, 9.17) is 4.74 Å². The number of rotatable bonds is 3. The number of methoxy groups -OCH3 is 1. The third-order valence-electron chi connectivity index (χ3n) is 4.53. The van der Waals surface area contributed by atoms with Gasteiger partial charge in [0.1, 0.15) is 5.75 Å². The largest absolute Gasteiger partial charge is 0.495 e. The van der Waals surface area contributed by atoms with E-state index in [0.717, 1.165) is 11.4 Å². The van der Waals surface area contributed by atoms with E-state index in [1.165, 1.54) is 50.5 Å². The standard InChI is InChI=1S/C19H31NO/c1-19(2,3)15-12-13-18(21-4)17(14-15)20-16-10-8-6-5-7-9-11-16/h12-14,16,20H,5-11H2,1-4H3. The fraction of sp³-hybridized carbons (Fsp3) is 0.684. The Balaban J connectivity index is 2.16. The first-order chi connectivity index (χ1) is 10.0. The van der Waals surface area contributed by atoms with Gasteiger partial charge in [0.25, 0.3) is 0 Å². The van der Waals surface area contributed by atoms with Crippen LogP contribution in [0.2, 0.25) is 0 Å². The molecule has 21 heavy (non-hydrogen) atoms. The highest BCUT2D eigenvalue weighted by atomic mass is 16.5. The van der Waals surface area contributed by atoms with Crippen LogP contribution in [0.1, 0.15) is 71.3 Å². The van der Waals surface area contributed by atoms with Gasteiger partial charge < -0.3 is 10.1 Å². The van der Waals surface area contributed by atoms with Crippen LogP contribution in [-0.2, 0) is 5.41 Å². The third kappa shape index (κ3) is 4.66. The average molecular weight is 289 g/mol. The van der Waals surface area contributed by atoms with E-state index < -0.39 is 0 Å². The van der Waals surface area contributed by atoms with Crippen LogP contribution in [0.3, 0.4) is 0 Å². The second kappa shape index (κ2) is 7.20. The van der Waals surface area contributed by atoms with Gasteiger partial charge in [-0.25, -0.2) is 0 Å². The Morgan fingerprint density at radius 2 is 1.62 bits per heavy atom. The zero-order valence-corrected chi connectivity index (χ0v) is 14.2. The van der Waals surface area contributed by atoms with Crippen LogP contribution in [-0.4, -0.2) is 13.2 Å². The van der Waals surface area contributed by atoms with Crippen molar-refractivity contribution in [2.75, 3.05) is 12.4 Å². The molecule has 2 rings (SSSR count). The monoisotopic (exact) mass is 289 g/mol. The van der Waals surface area contributed by atoms with Crippen LogP contribution in [0.25, 0.3) is 0 Å². The number of hydrogen-bond donors (Lipinski definition) is 1. The van der Waals surface area contributed by atoms with E-state index >= 15 is 0 Å². The van der Waals surface area contributed by atoms with Crippen molar-refractivity contribution >= 4 is 5.69 Å². The number of nitrogens with one attached hydrogen (secondary N) is 1. The lowest BCUT2D eigenvalue weighted by Crippen LogP contribution is -2.21. The van der Waals surface area contributed by atoms with Crippen molar-refractivity contribution < 1.29 is 4.74 Å². The molecule has 0 saturated heterocycles. The Kier molecular flexibility index (Phi) is 5.55. The molecule has 0 spiro atoms. The van der Waals surface area contributed by atoms with Crippen LogP contribution in [0.5, 0.6) is 5.75 Å². The van der Waals surface area contributed by atoms with Gasteiger partial charge in [0.15, 0.2) is 0 Å². The summed E-state index contributed by atoms with van der Waals surface area (Å²) in [6, 6.07) is 7.15. The quantitative estimate of drug-likeness (QED) is 0.791. The minimum atomic E-state index is 0.170. The summed E-state index contributed by atoms with van der Waals surface area (Å²) in [7, 11) is 1.76. The average Bonchev–Trinajstić information content (AvgIpc) is 2.40. The van der Waals surface area contributed by atoms with E-state index in [1.807, 2.05) is 0 Å². The lowest BCUT2D eigenvalue weighted by molar-refractivity contribution is 0.413. The van der Waals surface area contributed by atoms with Gasteiger partial charge >= 0.3 is 0 Å². The maximum Gasteiger partial charge on any atom is 0.141 e. The molecule has 2 nitrogen and oxygen atoms in total. The van der Waals surface area contributed by atoms with Gasteiger partial charge in [-0.3, -0.25) is 0 Å². The highest BCUT2D eigenvalue weighted by molar-refractivity contribution is 5.59. The van der Waals surface area contributed by atoms with Gasteiger partial charge in [-0.1, -0.05) is 58.9 Å². The molecule has 0 atom stereocenters. The molecule has 1 saturated carbocycles. The molecule has 0 bridgehead atoms. The predicted octanol–water partition coefficient (Wildman–Crippen LogP) is 5.52. The molecule has 0 heterocycles. The summed E-state index contributed by atoms with van der Waals surface area (Å²) in [5, 5.41) is 3.76. The van der Waals surface area contributed by atoms with Gasteiger partial charge in [0, 0.05) is 6.04 Å².